The Bertz CT molecular complexity index is 903. The molecule has 2 N–H and O–H groups in total. The molecule has 0 radical (unpaired) electrons. The average Bonchev–Trinajstić information content (AvgIpc) is 2.70. The minimum Gasteiger partial charge on any atom is -0.378 e. The molecule has 0 unspecified atom stereocenters. The van der Waals surface area contributed by atoms with Gasteiger partial charge in [-0.15, -0.1) is 0 Å². The van der Waals surface area contributed by atoms with E-state index in [2.05, 4.69) is 23.8 Å². The molecule has 1 aliphatic rings. The molecule has 4 nitrogen and oxygen atoms in total. The van der Waals surface area contributed by atoms with Gasteiger partial charge in [-0.25, -0.2) is 0 Å². The Balaban J connectivity index is 1.91. The summed E-state index contributed by atoms with van der Waals surface area (Å²) in [6, 6.07) is 9.65. The summed E-state index contributed by atoms with van der Waals surface area (Å²) in [6.45, 7) is 11.7. The van der Waals surface area contributed by atoms with Crippen molar-refractivity contribution in [2.45, 2.75) is 13.1 Å². The van der Waals surface area contributed by atoms with Gasteiger partial charge in [-0.1, -0.05) is 19.2 Å². The minimum absolute atomic E-state index is 0.388. The molecule has 1 heterocycles. The molecule has 1 aliphatic heterocycles. The summed E-state index contributed by atoms with van der Waals surface area (Å²) in [7, 11) is 0. The van der Waals surface area contributed by atoms with Crippen molar-refractivity contribution >= 4 is 22.8 Å². The fourth-order valence-electron chi connectivity index (χ4n) is 3.16. The van der Waals surface area contributed by atoms with Crippen LogP contribution in [-0.2, 0) is 10.9 Å². The monoisotopic (exact) mass is 403 g/mol. The van der Waals surface area contributed by atoms with Crippen molar-refractivity contribution in [2.24, 2.45) is 0 Å². The zero-order valence-corrected chi connectivity index (χ0v) is 16.3. The normalized spacial score (nSPS) is 14.4. The standard InChI is InChI=1S/C22H24F3N3O/c1-4-26-21-14-19(6-5-15(21)2)27-16(3)17-11-18(22(23,24)25)13-20(12-17)28-7-9-29-10-8-28/h4-6,11-14,26-27H,1,3,7-10H2,2H3. The number of benzene rings is 2. The molecule has 0 bridgehead atoms. The summed E-state index contributed by atoms with van der Waals surface area (Å²) in [5.74, 6) is 0. The number of alkyl halides is 3. The summed E-state index contributed by atoms with van der Waals surface area (Å²) < 4.78 is 45.7. The van der Waals surface area contributed by atoms with E-state index in [1.807, 2.05) is 30.0 Å². The average molecular weight is 403 g/mol. The highest BCUT2D eigenvalue weighted by Crippen LogP contribution is 2.35. The van der Waals surface area contributed by atoms with Crippen LogP contribution in [-0.4, -0.2) is 26.3 Å². The number of hydrogen-bond acceptors (Lipinski definition) is 4. The SMILES string of the molecule is C=CNc1cc(NC(=C)c2cc(N3CCOCC3)cc(C(F)(F)F)c2)ccc1C. The molecule has 0 amide bonds. The van der Waals surface area contributed by atoms with Crippen molar-refractivity contribution in [3.63, 3.8) is 0 Å². The molecule has 2 aromatic rings. The van der Waals surface area contributed by atoms with Gasteiger partial charge >= 0.3 is 6.18 Å². The summed E-state index contributed by atoms with van der Waals surface area (Å²) in [4.78, 5) is 1.90. The minimum atomic E-state index is -4.44. The molecule has 154 valence electrons. The maximum atomic E-state index is 13.5. The molecule has 29 heavy (non-hydrogen) atoms. The molecular weight excluding hydrogens is 379 g/mol. The zero-order valence-electron chi connectivity index (χ0n) is 16.3. The van der Waals surface area contributed by atoms with Crippen molar-refractivity contribution < 1.29 is 17.9 Å². The van der Waals surface area contributed by atoms with E-state index in [4.69, 9.17) is 4.74 Å². The van der Waals surface area contributed by atoms with Gasteiger partial charge in [-0.3, -0.25) is 0 Å². The van der Waals surface area contributed by atoms with E-state index >= 15 is 0 Å². The predicted octanol–water partition coefficient (Wildman–Crippen LogP) is 5.49. The highest BCUT2D eigenvalue weighted by molar-refractivity contribution is 5.79. The highest BCUT2D eigenvalue weighted by atomic mass is 19.4. The highest BCUT2D eigenvalue weighted by Gasteiger charge is 2.32. The van der Waals surface area contributed by atoms with Crippen LogP contribution in [0.1, 0.15) is 16.7 Å². The summed E-state index contributed by atoms with van der Waals surface area (Å²) in [5, 5.41) is 6.15. The fraction of sp³-hybridized carbons (Fsp3) is 0.273. The van der Waals surface area contributed by atoms with Gasteiger partial charge in [0.25, 0.3) is 0 Å². The van der Waals surface area contributed by atoms with Crippen molar-refractivity contribution in [3.8, 4) is 0 Å². The van der Waals surface area contributed by atoms with Gasteiger partial charge in [0.2, 0.25) is 0 Å². The Morgan fingerprint density at radius 3 is 2.52 bits per heavy atom. The van der Waals surface area contributed by atoms with E-state index in [1.54, 1.807) is 12.3 Å². The number of hydrogen-bond donors (Lipinski definition) is 2. The lowest BCUT2D eigenvalue weighted by molar-refractivity contribution is -0.137. The van der Waals surface area contributed by atoms with Crippen LogP contribution < -0.4 is 15.5 Å². The third-order valence-corrected chi connectivity index (χ3v) is 4.76. The van der Waals surface area contributed by atoms with Crippen molar-refractivity contribution in [1.29, 1.82) is 0 Å². The molecule has 1 fully saturated rings. The maximum Gasteiger partial charge on any atom is 0.416 e. The number of anilines is 3. The first-order valence-electron chi connectivity index (χ1n) is 9.27. The van der Waals surface area contributed by atoms with Gasteiger partial charge in [-0.2, -0.15) is 13.2 Å². The van der Waals surface area contributed by atoms with Crippen LogP contribution in [0.15, 0.2) is 55.8 Å². The lowest BCUT2D eigenvalue weighted by Gasteiger charge is -2.30. The summed E-state index contributed by atoms with van der Waals surface area (Å²) in [5.41, 5.74) is 3.19. The van der Waals surface area contributed by atoms with E-state index in [9.17, 15) is 13.2 Å². The second kappa shape index (κ2) is 8.61. The molecular formula is C22H24F3N3O. The second-order valence-electron chi connectivity index (χ2n) is 6.85. The number of aryl methyl sites for hydroxylation is 1. The van der Waals surface area contributed by atoms with E-state index < -0.39 is 11.7 Å². The van der Waals surface area contributed by atoms with Crippen LogP contribution in [0.4, 0.5) is 30.2 Å². The molecule has 1 saturated heterocycles. The van der Waals surface area contributed by atoms with E-state index in [0.29, 0.717) is 43.3 Å². The van der Waals surface area contributed by atoms with Crippen molar-refractivity contribution in [1.82, 2.24) is 0 Å². The van der Waals surface area contributed by atoms with Gasteiger partial charge in [0.15, 0.2) is 0 Å². The quantitative estimate of drug-likeness (QED) is 0.669. The summed E-state index contributed by atoms with van der Waals surface area (Å²) in [6.07, 6.45) is -2.87. The molecule has 3 rings (SSSR count). The van der Waals surface area contributed by atoms with Crippen LogP contribution in [0.3, 0.4) is 0 Å². The zero-order chi connectivity index (χ0) is 21.0. The molecule has 0 aliphatic carbocycles. The summed E-state index contributed by atoms with van der Waals surface area (Å²) >= 11 is 0. The number of morpholine rings is 1. The van der Waals surface area contributed by atoms with Crippen molar-refractivity contribution in [3.05, 3.63) is 72.4 Å². The van der Waals surface area contributed by atoms with Gasteiger partial charge < -0.3 is 20.3 Å². The molecule has 0 atom stereocenters. The first-order valence-corrected chi connectivity index (χ1v) is 9.27. The van der Waals surface area contributed by atoms with Gasteiger partial charge in [0.1, 0.15) is 0 Å². The van der Waals surface area contributed by atoms with Crippen LogP contribution in [0.2, 0.25) is 0 Å². The lowest BCUT2D eigenvalue weighted by atomic mass is 10.0. The Morgan fingerprint density at radius 2 is 1.86 bits per heavy atom. The Morgan fingerprint density at radius 1 is 1.14 bits per heavy atom. The van der Waals surface area contributed by atoms with Crippen LogP contribution >= 0.6 is 0 Å². The van der Waals surface area contributed by atoms with Gasteiger partial charge in [0.05, 0.1) is 18.8 Å². The number of nitrogens with zero attached hydrogens (tertiary/aromatic N) is 1. The number of ether oxygens (including phenoxy) is 1. The third kappa shape index (κ3) is 5.12. The molecule has 0 saturated carbocycles. The van der Waals surface area contributed by atoms with E-state index in [0.717, 1.165) is 23.0 Å². The Labute approximate surface area is 168 Å². The topological polar surface area (TPSA) is 36.5 Å². The van der Waals surface area contributed by atoms with Crippen molar-refractivity contribution in [2.75, 3.05) is 41.8 Å². The third-order valence-electron chi connectivity index (χ3n) is 4.76. The second-order valence-corrected chi connectivity index (χ2v) is 6.85. The van der Waals surface area contributed by atoms with Crippen LogP contribution in [0.5, 0.6) is 0 Å². The molecule has 2 aromatic carbocycles. The van der Waals surface area contributed by atoms with Crippen LogP contribution in [0, 0.1) is 6.92 Å². The molecule has 7 heteroatoms. The number of rotatable bonds is 6. The molecule has 0 spiro atoms. The smallest absolute Gasteiger partial charge is 0.378 e. The lowest BCUT2D eigenvalue weighted by Crippen LogP contribution is -2.36. The maximum absolute atomic E-state index is 13.5. The van der Waals surface area contributed by atoms with Crippen LogP contribution in [0.25, 0.3) is 5.70 Å². The van der Waals surface area contributed by atoms with E-state index in [1.165, 1.54) is 6.07 Å². The Kier molecular flexibility index (Phi) is 6.17. The predicted molar refractivity (Wildman–Crippen MR) is 112 cm³/mol. The number of nitrogens with one attached hydrogen (secondary N) is 2. The van der Waals surface area contributed by atoms with Gasteiger partial charge in [0, 0.05) is 35.8 Å². The number of halogens is 3. The van der Waals surface area contributed by atoms with Gasteiger partial charge in [-0.05, 0) is 54.6 Å². The Hall–Kier alpha value is -2.93. The first kappa shape index (κ1) is 20.8. The molecule has 0 aromatic heterocycles. The fourth-order valence-corrected chi connectivity index (χ4v) is 3.16. The first-order chi connectivity index (χ1) is 13.8. The largest absolute Gasteiger partial charge is 0.416 e. The van der Waals surface area contributed by atoms with E-state index in [-0.39, 0.29) is 0 Å².